The van der Waals surface area contributed by atoms with Crippen LogP contribution in [0.4, 0.5) is 0 Å². The van der Waals surface area contributed by atoms with Crippen LogP contribution in [-0.4, -0.2) is 33.5 Å². The Morgan fingerprint density at radius 3 is 2.92 bits per heavy atom. The monoisotopic (exact) mass is 173 g/mol. The fourth-order valence-electron chi connectivity index (χ4n) is 1.70. The summed E-state index contributed by atoms with van der Waals surface area (Å²) in [7, 11) is 1.74. The molecule has 1 saturated heterocycles. The van der Waals surface area contributed by atoms with Crippen LogP contribution in [0.25, 0.3) is 0 Å². The second kappa shape index (κ2) is 4.80. The first-order valence-corrected chi connectivity index (χ1v) is 4.60. The van der Waals surface area contributed by atoms with Crippen LogP contribution < -0.4 is 5.73 Å². The predicted octanol–water partition coefficient (Wildman–Crippen LogP) is 0.778. The second-order valence-corrected chi connectivity index (χ2v) is 3.60. The molecule has 0 spiro atoms. The molecule has 1 atom stereocenters. The van der Waals surface area contributed by atoms with Gasteiger partial charge in [0.15, 0.2) is 0 Å². The Bertz CT molecular complexity index is 122. The Labute approximate surface area is 74.2 Å². The lowest BCUT2D eigenvalue weighted by molar-refractivity contribution is 0.133. The van der Waals surface area contributed by atoms with E-state index >= 15 is 0 Å². The van der Waals surface area contributed by atoms with Gasteiger partial charge in [0, 0.05) is 32.3 Å². The predicted molar refractivity (Wildman–Crippen MR) is 48.0 cm³/mol. The van der Waals surface area contributed by atoms with E-state index in [1.165, 1.54) is 0 Å². The Balaban J connectivity index is 2.24. The third kappa shape index (κ3) is 2.44. The lowest BCUT2D eigenvalue weighted by Gasteiger charge is -2.24. The van der Waals surface area contributed by atoms with Crippen molar-refractivity contribution in [3.05, 3.63) is 0 Å². The number of methoxy groups -OCH3 is 1. The van der Waals surface area contributed by atoms with Crippen molar-refractivity contribution < 1.29 is 9.47 Å². The summed E-state index contributed by atoms with van der Waals surface area (Å²) in [6, 6.07) is 0. The highest BCUT2D eigenvalue weighted by Crippen LogP contribution is 2.32. The van der Waals surface area contributed by atoms with Gasteiger partial charge in [0.1, 0.15) is 0 Å². The fourth-order valence-corrected chi connectivity index (χ4v) is 1.70. The molecule has 72 valence electrons. The van der Waals surface area contributed by atoms with Gasteiger partial charge in [0.2, 0.25) is 0 Å². The van der Waals surface area contributed by atoms with E-state index in [-0.39, 0.29) is 5.41 Å². The van der Waals surface area contributed by atoms with Crippen molar-refractivity contribution in [3.63, 3.8) is 0 Å². The molecule has 1 heterocycles. The molecule has 0 radical (unpaired) electrons. The van der Waals surface area contributed by atoms with E-state index in [2.05, 4.69) is 0 Å². The molecule has 1 rings (SSSR count). The molecule has 1 unspecified atom stereocenters. The molecule has 3 heteroatoms. The average Bonchev–Trinajstić information content (AvgIpc) is 2.55. The molecule has 2 N–H and O–H groups in total. The standard InChI is InChI=1S/C9H19NO2/c1-11-5-2-3-9(7-10)4-6-12-8-9/h2-8,10H2,1H3. The maximum Gasteiger partial charge on any atom is 0.0535 e. The van der Waals surface area contributed by atoms with Crippen LogP contribution in [0.15, 0.2) is 0 Å². The van der Waals surface area contributed by atoms with Gasteiger partial charge in [-0.15, -0.1) is 0 Å². The zero-order valence-electron chi connectivity index (χ0n) is 7.84. The Morgan fingerprint density at radius 2 is 2.42 bits per heavy atom. The van der Waals surface area contributed by atoms with E-state index < -0.39 is 0 Å². The first-order valence-electron chi connectivity index (χ1n) is 4.60. The molecular formula is C9H19NO2. The third-order valence-electron chi connectivity index (χ3n) is 2.67. The molecular weight excluding hydrogens is 154 g/mol. The largest absolute Gasteiger partial charge is 0.385 e. The van der Waals surface area contributed by atoms with Crippen LogP contribution in [0.3, 0.4) is 0 Å². The van der Waals surface area contributed by atoms with Crippen molar-refractivity contribution in [3.8, 4) is 0 Å². The zero-order chi connectivity index (χ0) is 8.86. The second-order valence-electron chi connectivity index (χ2n) is 3.60. The lowest BCUT2D eigenvalue weighted by atomic mass is 9.83. The van der Waals surface area contributed by atoms with Gasteiger partial charge in [-0.1, -0.05) is 0 Å². The van der Waals surface area contributed by atoms with Gasteiger partial charge in [-0.25, -0.2) is 0 Å². The number of hydrogen-bond donors (Lipinski definition) is 1. The minimum Gasteiger partial charge on any atom is -0.385 e. The number of hydrogen-bond acceptors (Lipinski definition) is 3. The summed E-state index contributed by atoms with van der Waals surface area (Å²) < 4.78 is 10.4. The smallest absolute Gasteiger partial charge is 0.0535 e. The van der Waals surface area contributed by atoms with Gasteiger partial charge in [-0.2, -0.15) is 0 Å². The first-order chi connectivity index (χ1) is 5.83. The van der Waals surface area contributed by atoms with Crippen LogP contribution in [0.1, 0.15) is 19.3 Å². The number of ether oxygens (including phenoxy) is 2. The average molecular weight is 173 g/mol. The molecule has 0 aliphatic carbocycles. The lowest BCUT2D eigenvalue weighted by Crippen LogP contribution is -2.31. The summed E-state index contributed by atoms with van der Waals surface area (Å²) in [4.78, 5) is 0. The van der Waals surface area contributed by atoms with Gasteiger partial charge < -0.3 is 15.2 Å². The molecule has 0 aromatic carbocycles. The SMILES string of the molecule is COCCCC1(CN)CCOC1. The van der Waals surface area contributed by atoms with Crippen LogP contribution in [-0.2, 0) is 9.47 Å². The van der Waals surface area contributed by atoms with E-state index in [1.807, 2.05) is 0 Å². The van der Waals surface area contributed by atoms with Gasteiger partial charge in [0.25, 0.3) is 0 Å². The van der Waals surface area contributed by atoms with E-state index in [4.69, 9.17) is 15.2 Å². The molecule has 1 aliphatic heterocycles. The van der Waals surface area contributed by atoms with Gasteiger partial charge in [0.05, 0.1) is 6.61 Å². The van der Waals surface area contributed by atoms with Crippen LogP contribution in [0.5, 0.6) is 0 Å². The van der Waals surface area contributed by atoms with Crippen LogP contribution in [0.2, 0.25) is 0 Å². The maximum absolute atomic E-state index is 5.73. The quantitative estimate of drug-likeness (QED) is 0.625. The molecule has 0 aromatic rings. The summed E-state index contributed by atoms with van der Waals surface area (Å²) in [5.74, 6) is 0. The highest BCUT2D eigenvalue weighted by Gasteiger charge is 2.32. The van der Waals surface area contributed by atoms with Crippen molar-refractivity contribution >= 4 is 0 Å². The van der Waals surface area contributed by atoms with E-state index in [1.54, 1.807) is 7.11 Å². The fraction of sp³-hybridized carbons (Fsp3) is 1.00. The zero-order valence-corrected chi connectivity index (χ0v) is 7.84. The molecule has 0 aromatic heterocycles. The normalized spacial score (nSPS) is 29.5. The Hall–Kier alpha value is -0.120. The molecule has 0 saturated carbocycles. The van der Waals surface area contributed by atoms with Gasteiger partial charge >= 0.3 is 0 Å². The molecule has 0 amide bonds. The van der Waals surface area contributed by atoms with Crippen LogP contribution in [0, 0.1) is 5.41 Å². The van der Waals surface area contributed by atoms with E-state index in [9.17, 15) is 0 Å². The summed E-state index contributed by atoms with van der Waals surface area (Å²) in [6.45, 7) is 3.30. The minimum absolute atomic E-state index is 0.262. The van der Waals surface area contributed by atoms with Gasteiger partial charge in [-0.05, 0) is 19.3 Å². The van der Waals surface area contributed by atoms with Crippen molar-refractivity contribution in [2.75, 3.05) is 33.5 Å². The molecule has 0 bridgehead atoms. The minimum atomic E-state index is 0.262. The van der Waals surface area contributed by atoms with E-state index in [0.717, 1.165) is 45.6 Å². The number of rotatable bonds is 5. The van der Waals surface area contributed by atoms with Crippen molar-refractivity contribution in [2.45, 2.75) is 19.3 Å². The van der Waals surface area contributed by atoms with Gasteiger partial charge in [-0.3, -0.25) is 0 Å². The Morgan fingerprint density at radius 1 is 1.58 bits per heavy atom. The maximum atomic E-state index is 5.73. The summed E-state index contributed by atoms with van der Waals surface area (Å²) in [5, 5.41) is 0. The summed E-state index contributed by atoms with van der Waals surface area (Å²) >= 11 is 0. The summed E-state index contributed by atoms with van der Waals surface area (Å²) in [5.41, 5.74) is 5.99. The van der Waals surface area contributed by atoms with Crippen LogP contribution >= 0.6 is 0 Å². The van der Waals surface area contributed by atoms with E-state index in [0.29, 0.717) is 0 Å². The molecule has 12 heavy (non-hydrogen) atoms. The summed E-state index contributed by atoms with van der Waals surface area (Å²) in [6.07, 6.45) is 3.35. The number of nitrogens with two attached hydrogens (primary N) is 1. The molecule has 3 nitrogen and oxygen atoms in total. The molecule has 1 fully saturated rings. The Kier molecular flexibility index (Phi) is 3.98. The van der Waals surface area contributed by atoms with Crippen molar-refractivity contribution in [1.29, 1.82) is 0 Å². The third-order valence-corrected chi connectivity index (χ3v) is 2.67. The first kappa shape index (κ1) is 9.96. The highest BCUT2D eigenvalue weighted by atomic mass is 16.5. The molecule has 1 aliphatic rings. The highest BCUT2D eigenvalue weighted by molar-refractivity contribution is 4.83. The van der Waals surface area contributed by atoms with Crippen molar-refractivity contribution in [2.24, 2.45) is 11.1 Å². The van der Waals surface area contributed by atoms with Crippen molar-refractivity contribution in [1.82, 2.24) is 0 Å². The topological polar surface area (TPSA) is 44.5 Å².